The molecule has 1 saturated heterocycles. The maximum atomic E-state index is 9.02. The van der Waals surface area contributed by atoms with E-state index in [1.54, 1.807) is 0 Å². The van der Waals surface area contributed by atoms with E-state index in [4.69, 9.17) is 14.6 Å². The van der Waals surface area contributed by atoms with Crippen LogP contribution in [-0.4, -0.2) is 30.7 Å². The Hall–Kier alpha value is -0.120. The van der Waals surface area contributed by atoms with Crippen molar-refractivity contribution < 1.29 is 14.6 Å². The first-order valence-electron chi connectivity index (χ1n) is 4.74. The van der Waals surface area contributed by atoms with Gasteiger partial charge in [-0.3, -0.25) is 0 Å². The summed E-state index contributed by atoms with van der Waals surface area (Å²) in [6, 6.07) is 0. The van der Waals surface area contributed by atoms with Crippen LogP contribution in [0.5, 0.6) is 0 Å². The molecule has 1 aliphatic heterocycles. The lowest BCUT2D eigenvalue weighted by Crippen LogP contribution is -2.16. The lowest BCUT2D eigenvalue weighted by molar-refractivity contribution is -0.108. The summed E-state index contributed by atoms with van der Waals surface area (Å²) < 4.78 is 10.5. The van der Waals surface area contributed by atoms with Gasteiger partial charge in [-0.2, -0.15) is 0 Å². The smallest absolute Gasteiger partial charge is 0.155 e. The first kappa shape index (κ1) is 9.96. The van der Waals surface area contributed by atoms with Gasteiger partial charge in [0.25, 0.3) is 0 Å². The minimum Gasteiger partial charge on any atom is -0.379 e. The number of ether oxygens (including phenoxy) is 2. The van der Waals surface area contributed by atoms with Gasteiger partial charge in [0.2, 0.25) is 0 Å². The number of unbranched alkanes of at least 4 members (excludes halogenated alkanes) is 1. The van der Waals surface area contributed by atoms with Gasteiger partial charge in [0.15, 0.2) is 6.29 Å². The fraction of sp³-hybridized carbons (Fsp3) is 1.00. The van der Waals surface area contributed by atoms with Crippen molar-refractivity contribution in [1.29, 1.82) is 0 Å². The van der Waals surface area contributed by atoms with E-state index in [1.807, 2.05) is 0 Å². The zero-order chi connectivity index (χ0) is 8.81. The van der Waals surface area contributed by atoms with Crippen LogP contribution in [0.15, 0.2) is 0 Å². The van der Waals surface area contributed by atoms with Crippen LogP contribution in [0.25, 0.3) is 0 Å². The minimum atomic E-state index is -0.551. The van der Waals surface area contributed by atoms with E-state index in [0.29, 0.717) is 6.61 Å². The molecule has 2 atom stereocenters. The van der Waals surface area contributed by atoms with Crippen molar-refractivity contribution in [3.63, 3.8) is 0 Å². The average molecular weight is 174 g/mol. The third-order valence-electron chi connectivity index (χ3n) is 2.03. The predicted octanol–water partition coefficient (Wildman–Crippen LogP) is 1.30. The number of hydrogen-bond donors (Lipinski definition) is 1. The molecule has 0 aromatic heterocycles. The fourth-order valence-corrected chi connectivity index (χ4v) is 1.27. The molecule has 0 radical (unpaired) electrons. The molecule has 0 saturated carbocycles. The molecule has 0 aliphatic carbocycles. The molecular weight excluding hydrogens is 156 g/mol. The summed E-state index contributed by atoms with van der Waals surface area (Å²) >= 11 is 0. The highest BCUT2D eigenvalue weighted by Gasteiger charge is 2.22. The molecule has 0 spiro atoms. The van der Waals surface area contributed by atoms with Gasteiger partial charge < -0.3 is 14.6 Å². The Balaban J connectivity index is 1.93. The number of aliphatic hydroxyl groups is 1. The van der Waals surface area contributed by atoms with Gasteiger partial charge >= 0.3 is 0 Å². The average Bonchev–Trinajstić information content (AvgIpc) is 2.45. The lowest BCUT2D eigenvalue weighted by Gasteiger charge is -2.10. The van der Waals surface area contributed by atoms with Crippen LogP contribution in [-0.2, 0) is 9.47 Å². The van der Waals surface area contributed by atoms with Crippen LogP contribution in [0.4, 0.5) is 0 Å². The molecule has 0 unspecified atom stereocenters. The Labute approximate surface area is 73.7 Å². The van der Waals surface area contributed by atoms with Crippen LogP contribution < -0.4 is 0 Å². The second-order valence-electron chi connectivity index (χ2n) is 3.22. The van der Waals surface area contributed by atoms with Crippen molar-refractivity contribution in [2.75, 3.05) is 13.2 Å². The molecule has 0 bridgehead atoms. The third kappa shape index (κ3) is 3.52. The van der Waals surface area contributed by atoms with E-state index in [-0.39, 0.29) is 6.10 Å². The molecule has 3 nitrogen and oxygen atoms in total. The Morgan fingerprint density at radius 1 is 1.50 bits per heavy atom. The van der Waals surface area contributed by atoms with E-state index in [0.717, 1.165) is 32.3 Å². The van der Waals surface area contributed by atoms with Gasteiger partial charge in [0, 0.05) is 13.0 Å². The molecule has 0 amide bonds. The molecule has 0 aromatic carbocycles. The highest BCUT2D eigenvalue weighted by Crippen LogP contribution is 2.17. The highest BCUT2D eigenvalue weighted by atomic mass is 16.6. The van der Waals surface area contributed by atoms with Gasteiger partial charge in [-0.1, -0.05) is 13.3 Å². The van der Waals surface area contributed by atoms with Crippen molar-refractivity contribution in [3.8, 4) is 0 Å². The Morgan fingerprint density at radius 3 is 2.92 bits per heavy atom. The van der Waals surface area contributed by atoms with Crippen LogP contribution in [0, 0.1) is 0 Å². The largest absolute Gasteiger partial charge is 0.379 e. The monoisotopic (exact) mass is 174 g/mol. The van der Waals surface area contributed by atoms with Crippen molar-refractivity contribution in [3.05, 3.63) is 0 Å². The first-order valence-corrected chi connectivity index (χ1v) is 4.74. The van der Waals surface area contributed by atoms with Crippen LogP contribution in [0.1, 0.15) is 32.6 Å². The van der Waals surface area contributed by atoms with Crippen LogP contribution >= 0.6 is 0 Å². The summed E-state index contributed by atoms with van der Waals surface area (Å²) in [4.78, 5) is 0. The normalized spacial score (nSPS) is 29.5. The second kappa shape index (κ2) is 5.51. The summed E-state index contributed by atoms with van der Waals surface area (Å²) in [5, 5.41) is 9.02. The quantitative estimate of drug-likeness (QED) is 0.638. The SMILES string of the molecule is CCCCOC[C@@H]1CC[C@H](O)O1. The molecule has 1 rings (SSSR count). The standard InChI is InChI=1S/C9H18O3/c1-2-3-6-11-7-8-4-5-9(10)12-8/h8-10H,2-7H2,1H3/t8-,9+/m0/s1. The minimum absolute atomic E-state index is 0.122. The summed E-state index contributed by atoms with van der Waals surface area (Å²) in [6.45, 7) is 3.59. The zero-order valence-electron chi connectivity index (χ0n) is 7.66. The number of hydrogen-bond acceptors (Lipinski definition) is 3. The molecule has 1 fully saturated rings. The summed E-state index contributed by atoms with van der Waals surface area (Å²) in [5.74, 6) is 0. The molecule has 1 aliphatic rings. The maximum absolute atomic E-state index is 9.02. The van der Waals surface area contributed by atoms with Gasteiger partial charge in [0.1, 0.15) is 0 Å². The van der Waals surface area contributed by atoms with Gasteiger partial charge in [-0.25, -0.2) is 0 Å². The molecule has 0 aromatic rings. The second-order valence-corrected chi connectivity index (χ2v) is 3.22. The molecule has 3 heteroatoms. The van der Waals surface area contributed by atoms with E-state index in [2.05, 4.69) is 6.92 Å². The Morgan fingerprint density at radius 2 is 2.33 bits per heavy atom. The summed E-state index contributed by atoms with van der Waals surface area (Å²) in [5.41, 5.74) is 0. The van der Waals surface area contributed by atoms with Gasteiger partial charge in [-0.05, 0) is 12.8 Å². The van der Waals surface area contributed by atoms with Crippen molar-refractivity contribution >= 4 is 0 Å². The summed E-state index contributed by atoms with van der Waals surface area (Å²) in [6.07, 6.45) is 3.51. The fourth-order valence-electron chi connectivity index (χ4n) is 1.27. The zero-order valence-corrected chi connectivity index (χ0v) is 7.66. The van der Waals surface area contributed by atoms with Gasteiger partial charge in [0.05, 0.1) is 12.7 Å². The molecular formula is C9H18O3. The van der Waals surface area contributed by atoms with E-state index in [1.165, 1.54) is 0 Å². The van der Waals surface area contributed by atoms with Gasteiger partial charge in [-0.15, -0.1) is 0 Å². The third-order valence-corrected chi connectivity index (χ3v) is 2.03. The first-order chi connectivity index (χ1) is 5.83. The van der Waals surface area contributed by atoms with E-state index < -0.39 is 6.29 Å². The Kier molecular flexibility index (Phi) is 4.58. The Bertz CT molecular complexity index is 116. The molecule has 1 N–H and O–H groups in total. The maximum Gasteiger partial charge on any atom is 0.155 e. The lowest BCUT2D eigenvalue weighted by atomic mass is 10.2. The van der Waals surface area contributed by atoms with Crippen LogP contribution in [0.2, 0.25) is 0 Å². The van der Waals surface area contributed by atoms with Crippen molar-refractivity contribution in [2.45, 2.75) is 45.0 Å². The van der Waals surface area contributed by atoms with E-state index >= 15 is 0 Å². The molecule has 72 valence electrons. The summed E-state index contributed by atoms with van der Waals surface area (Å²) in [7, 11) is 0. The van der Waals surface area contributed by atoms with Crippen molar-refractivity contribution in [1.82, 2.24) is 0 Å². The topological polar surface area (TPSA) is 38.7 Å². The molecule has 1 heterocycles. The molecule has 12 heavy (non-hydrogen) atoms. The number of aliphatic hydroxyl groups excluding tert-OH is 1. The van der Waals surface area contributed by atoms with E-state index in [9.17, 15) is 0 Å². The number of rotatable bonds is 5. The predicted molar refractivity (Wildman–Crippen MR) is 45.8 cm³/mol. The highest BCUT2D eigenvalue weighted by molar-refractivity contribution is 4.66. The van der Waals surface area contributed by atoms with Crippen molar-refractivity contribution in [2.24, 2.45) is 0 Å². The van der Waals surface area contributed by atoms with Crippen LogP contribution in [0.3, 0.4) is 0 Å².